The monoisotopic (exact) mass is 393 g/mol. The molecule has 29 heavy (non-hydrogen) atoms. The van der Waals surface area contributed by atoms with Crippen molar-refractivity contribution in [2.24, 2.45) is 0 Å². The maximum atomic E-state index is 13.3. The smallest absolute Gasteiger partial charge is 0.274 e. The standard InChI is InChI=1S/C20H15N3O6/c24-18-13-9-12(23(27)28)10-15-17(13)22(7-8-29-15)20(26)16(18)19(25)21-6-5-11-3-1-2-4-14(11)21/h1-4,9-10,24H,5-8H2. The normalized spacial score (nSPS) is 14.6. The number of ether oxygens (including phenoxy) is 1. The highest BCUT2D eigenvalue weighted by atomic mass is 16.6. The van der Waals surface area contributed by atoms with Crippen LogP contribution in [0.4, 0.5) is 11.4 Å². The van der Waals surface area contributed by atoms with E-state index >= 15 is 0 Å². The molecule has 0 radical (unpaired) electrons. The highest BCUT2D eigenvalue weighted by Crippen LogP contribution is 2.39. The van der Waals surface area contributed by atoms with Crippen LogP contribution in [-0.2, 0) is 13.0 Å². The van der Waals surface area contributed by atoms with Crippen LogP contribution in [0.2, 0.25) is 0 Å². The number of anilines is 1. The molecular formula is C20H15N3O6. The number of nitrogens with zero attached hydrogens (tertiary/aromatic N) is 3. The number of rotatable bonds is 2. The number of nitro benzene ring substituents is 1. The van der Waals surface area contributed by atoms with Crippen LogP contribution < -0.4 is 15.2 Å². The van der Waals surface area contributed by atoms with Crippen LogP contribution in [-0.4, -0.2) is 33.7 Å². The van der Waals surface area contributed by atoms with E-state index in [1.165, 1.54) is 15.5 Å². The maximum absolute atomic E-state index is 13.3. The van der Waals surface area contributed by atoms with Gasteiger partial charge in [-0.3, -0.25) is 19.7 Å². The van der Waals surface area contributed by atoms with Crippen molar-refractivity contribution < 1.29 is 19.6 Å². The lowest BCUT2D eigenvalue weighted by Gasteiger charge is -2.23. The summed E-state index contributed by atoms with van der Waals surface area (Å²) in [7, 11) is 0. The summed E-state index contributed by atoms with van der Waals surface area (Å²) in [5, 5.41) is 22.2. The molecule has 0 spiro atoms. The highest BCUT2D eigenvalue weighted by molar-refractivity contribution is 6.12. The summed E-state index contributed by atoms with van der Waals surface area (Å²) in [6, 6.07) is 9.75. The number of aromatic hydroxyl groups is 1. The van der Waals surface area contributed by atoms with Crippen molar-refractivity contribution >= 4 is 28.2 Å². The molecule has 0 saturated carbocycles. The molecule has 5 rings (SSSR count). The molecule has 2 aromatic carbocycles. The van der Waals surface area contributed by atoms with E-state index < -0.39 is 22.1 Å². The van der Waals surface area contributed by atoms with Gasteiger partial charge in [-0.1, -0.05) is 18.2 Å². The third kappa shape index (κ3) is 2.40. The van der Waals surface area contributed by atoms with Crippen LogP contribution in [0.1, 0.15) is 15.9 Å². The van der Waals surface area contributed by atoms with Gasteiger partial charge in [0.25, 0.3) is 17.2 Å². The predicted octanol–water partition coefficient (Wildman–Crippen LogP) is 2.21. The van der Waals surface area contributed by atoms with Gasteiger partial charge in [-0.2, -0.15) is 0 Å². The fourth-order valence-corrected chi connectivity index (χ4v) is 4.08. The molecule has 1 N–H and O–H groups in total. The first-order chi connectivity index (χ1) is 14.0. The number of carbonyl (C=O) groups excluding carboxylic acids is 1. The Hall–Kier alpha value is -3.88. The number of hydrogen-bond acceptors (Lipinski definition) is 6. The molecule has 3 aromatic rings. The Balaban J connectivity index is 1.76. The Kier molecular flexibility index (Phi) is 3.60. The number of fused-ring (bicyclic) bond motifs is 1. The average Bonchev–Trinajstić information content (AvgIpc) is 3.15. The van der Waals surface area contributed by atoms with Crippen LogP contribution in [0.3, 0.4) is 0 Å². The minimum absolute atomic E-state index is 0.0457. The summed E-state index contributed by atoms with van der Waals surface area (Å²) in [6.45, 7) is 0.698. The second-order valence-corrected chi connectivity index (χ2v) is 6.96. The van der Waals surface area contributed by atoms with Crippen molar-refractivity contribution in [3.63, 3.8) is 0 Å². The summed E-state index contributed by atoms with van der Waals surface area (Å²) in [6.07, 6.45) is 0.647. The summed E-state index contributed by atoms with van der Waals surface area (Å²) < 4.78 is 6.81. The van der Waals surface area contributed by atoms with Gasteiger partial charge in [-0.15, -0.1) is 0 Å². The van der Waals surface area contributed by atoms with E-state index in [0.29, 0.717) is 18.7 Å². The van der Waals surface area contributed by atoms with E-state index in [1.54, 1.807) is 12.1 Å². The van der Waals surface area contributed by atoms with Gasteiger partial charge >= 0.3 is 0 Å². The zero-order chi connectivity index (χ0) is 20.3. The largest absolute Gasteiger partial charge is 0.506 e. The zero-order valence-electron chi connectivity index (χ0n) is 15.1. The molecular weight excluding hydrogens is 378 g/mol. The average molecular weight is 393 g/mol. The van der Waals surface area contributed by atoms with E-state index in [1.807, 2.05) is 12.1 Å². The molecule has 0 unspecified atom stereocenters. The van der Waals surface area contributed by atoms with Crippen molar-refractivity contribution in [2.75, 3.05) is 18.1 Å². The molecule has 0 fully saturated rings. The molecule has 1 aromatic heterocycles. The van der Waals surface area contributed by atoms with Crippen molar-refractivity contribution in [2.45, 2.75) is 13.0 Å². The first-order valence-corrected chi connectivity index (χ1v) is 9.08. The maximum Gasteiger partial charge on any atom is 0.274 e. The number of para-hydroxylation sites is 1. The fraction of sp³-hybridized carbons (Fsp3) is 0.200. The van der Waals surface area contributed by atoms with Gasteiger partial charge in [-0.25, -0.2) is 0 Å². The Morgan fingerprint density at radius 1 is 1.21 bits per heavy atom. The van der Waals surface area contributed by atoms with Gasteiger partial charge in [0, 0.05) is 18.3 Å². The Bertz CT molecular complexity index is 1280. The zero-order valence-corrected chi connectivity index (χ0v) is 15.1. The van der Waals surface area contributed by atoms with Crippen LogP contribution in [0.15, 0.2) is 41.2 Å². The third-order valence-electron chi connectivity index (χ3n) is 5.41. The molecule has 9 nitrogen and oxygen atoms in total. The van der Waals surface area contributed by atoms with E-state index in [0.717, 1.165) is 11.6 Å². The van der Waals surface area contributed by atoms with Crippen LogP contribution in [0.5, 0.6) is 11.5 Å². The van der Waals surface area contributed by atoms with Crippen LogP contribution in [0, 0.1) is 10.1 Å². The van der Waals surface area contributed by atoms with Gasteiger partial charge in [0.1, 0.15) is 17.9 Å². The lowest BCUT2D eigenvalue weighted by atomic mass is 10.1. The van der Waals surface area contributed by atoms with Gasteiger partial charge in [0.2, 0.25) is 0 Å². The second kappa shape index (κ2) is 6.06. The first-order valence-electron chi connectivity index (χ1n) is 9.08. The van der Waals surface area contributed by atoms with Gasteiger partial charge in [0.15, 0.2) is 5.75 Å². The number of hydrogen-bond donors (Lipinski definition) is 1. The van der Waals surface area contributed by atoms with Crippen molar-refractivity contribution in [1.82, 2.24) is 4.57 Å². The molecule has 2 aliphatic rings. The highest BCUT2D eigenvalue weighted by Gasteiger charge is 2.33. The van der Waals surface area contributed by atoms with Gasteiger partial charge in [-0.05, 0) is 18.1 Å². The second-order valence-electron chi connectivity index (χ2n) is 6.96. The Morgan fingerprint density at radius 3 is 2.79 bits per heavy atom. The number of carbonyl (C=O) groups is 1. The van der Waals surface area contributed by atoms with E-state index in [4.69, 9.17) is 4.74 Å². The molecule has 146 valence electrons. The molecule has 0 aliphatic carbocycles. The fourth-order valence-electron chi connectivity index (χ4n) is 4.08. The topological polar surface area (TPSA) is 115 Å². The number of non-ortho nitro benzene ring substituents is 1. The molecule has 0 saturated heterocycles. The van der Waals surface area contributed by atoms with Crippen LogP contribution >= 0.6 is 0 Å². The number of pyridine rings is 1. The molecule has 1 amide bonds. The van der Waals surface area contributed by atoms with E-state index in [9.17, 15) is 24.8 Å². The summed E-state index contributed by atoms with van der Waals surface area (Å²) in [5.41, 5.74) is 0.611. The Morgan fingerprint density at radius 2 is 2.00 bits per heavy atom. The Labute approximate surface area is 163 Å². The molecule has 9 heteroatoms. The number of nitro groups is 1. The van der Waals surface area contributed by atoms with E-state index in [-0.39, 0.29) is 41.1 Å². The summed E-state index contributed by atoms with van der Waals surface area (Å²) in [5.74, 6) is -1.05. The van der Waals surface area contributed by atoms with Gasteiger partial charge in [0.05, 0.1) is 28.4 Å². The van der Waals surface area contributed by atoms with Crippen molar-refractivity contribution in [3.8, 4) is 11.5 Å². The minimum atomic E-state index is -0.636. The molecule has 0 bridgehead atoms. The lowest BCUT2D eigenvalue weighted by molar-refractivity contribution is -0.384. The molecule has 2 aliphatic heterocycles. The summed E-state index contributed by atoms with van der Waals surface area (Å²) >= 11 is 0. The van der Waals surface area contributed by atoms with Crippen molar-refractivity contribution in [1.29, 1.82) is 0 Å². The van der Waals surface area contributed by atoms with E-state index in [2.05, 4.69) is 0 Å². The molecule has 3 heterocycles. The van der Waals surface area contributed by atoms with Crippen LogP contribution in [0.25, 0.3) is 10.9 Å². The van der Waals surface area contributed by atoms with Crippen molar-refractivity contribution in [3.05, 3.63) is 68.0 Å². The quantitative estimate of drug-likeness (QED) is 0.527. The predicted molar refractivity (Wildman–Crippen MR) is 104 cm³/mol. The third-order valence-corrected chi connectivity index (χ3v) is 5.41. The number of amides is 1. The minimum Gasteiger partial charge on any atom is -0.506 e. The SMILES string of the molecule is O=C(c1c(O)c2cc([N+](=O)[O-])cc3c2n(c1=O)CCO3)N1CCc2ccccc21. The number of benzene rings is 2. The number of aromatic nitrogens is 1. The molecule has 0 atom stereocenters. The summed E-state index contributed by atoms with van der Waals surface area (Å²) in [4.78, 5) is 38.5. The lowest BCUT2D eigenvalue weighted by Crippen LogP contribution is -2.37. The van der Waals surface area contributed by atoms with Gasteiger partial charge < -0.3 is 19.3 Å². The first kappa shape index (κ1) is 17.2.